The summed E-state index contributed by atoms with van der Waals surface area (Å²) in [7, 11) is -4.69. The molecule has 0 fully saturated rings. The van der Waals surface area contributed by atoms with E-state index in [0.29, 0.717) is 0 Å². The Kier molecular flexibility index (Phi) is 15.4. The lowest BCUT2D eigenvalue weighted by molar-refractivity contribution is -0.477. The average Bonchev–Trinajstić information content (AvgIpc) is 3.18. The van der Waals surface area contributed by atoms with Crippen molar-refractivity contribution in [1.82, 2.24) is 0 Å². The first-order valence-corrected chi connectivity index (χ1v) is 21.0. The van der Waals surface area contributed by atoms with E-state index >= 15 is 26.3 Å². The minimum Gasteiger partial charge on any atom is -0.488 e. The van der Waals surface area contributed by atoms with E-state index in [0.717, 1.165) is 72.8 Å². The van der Waals surface area contributed by atoms with Crippen molar-refractivity contribution in [2.45, 2.75) is 159 Å². The number of halogens is 23. The third-order valence-corrected chi connectivity index (χ3v) is 12.3. The van der Waals surface area contributed by atoms with Crippen LogP contribution < -0.4 is 14.2 Å². The largest absolute Gasteiger partial charge is 0.488 e. The summed E-state index contributed by atoms with van der Waals surface area (Å²) in [5, 5.41) is 0. The molecule has 0 unspecified atom stereocenters. The molecule has 0 aliphatic carbocycles. The Morgan fingerprint density at radius 1 is 0.324 bits per heavy atom. The summed E-state index contributed by atoms with van der Waals surface area (Å²) in [5.74, 6) is -95.4. The lowest BCUT2D eigenvalue weighted by Crippen LogP contribution is -2.78. The van der Waals surface area contributed by atoms with E-state index in [-0.39, 0.29) is 17.2 Å². The molecule has 3 aromatic carbocycles. The summed E-state index contributed by atoms with van der Waals surface area (Å²) in [4.78, 5) is 11.7. The molecule has 0 amide bonds. The standard InChI is InChI=1S/C42H39F23O5S/c1-29(2,3)67-22-10-16-25(17-11-22)71(26-18-12-23(13-19-26)68-30(4,5)6,27-20-14-24(15-21-27)69-31(7,8)9)70-28(66)32(43,44)33(45,46)34(47,48)35(49,50)36(51,52)37(53,54)38(55,56)39(57,58)40(59,60)41(61,62)42(63,64)65/h10-21H,1-9H3. The predicted octanol–water partition coefficient (Wildman–Crippen LogP) is 15.9. The van der Waals surface area contributed by atoms with Gasteiger partial charge in [-0.1, -0.05) is 0 Å². The zero-order valence-electron chi connectivity index (χ0n) is 37.6. The van der Waals surface area contributed by atoms with E-state index in [1.165, 1.54) is 62.3 Å². The van der Waals surface area contributed by atoms with Crippen LogP contribution >= 0.6 is 10.3 Å². The number of alkyl halides is 23. The van der Waals surface area contributed by atoms with Gasteiger partial charge in [0.05, 0.1) is 0 Å². The van der Waals surface area contributed by atoms with Gasteiger partial charge in [-0.15, -0.1) is 0 Å². The highest BCUT2D eigenvalue weighted by molar-refractivity contribution is 8.30. The first-order chi connectivity index (χ1) is 31.2. The van der Waals surface area contributed by atoms with Crippen LogP contribution in [0.5, 0.6) is 17.2 Å². The zero-order valence-corrected chi connectivity index (χ0v) is 38.4. The van der Waals surface area contributed by atoms with Gasteiger partial charge >= 0.3 is 71.4 Å². The average molecular weight is 1090 g/mol. The maximum atomic E-state index is 15.9. The monoisotopic (exact) mass is 1090 g/mol. The maximum absolute atomic E-state index is 15.9. The lowest BCUT2D eigenvalue weighted by Gasteiger charge is -2.45. The molecule has 0 aliphatic rings. The molecule has 71 heavy (non-hydrogen) atoms. The van der Waals surface area contributed by atoms with Crippen LogP contribution in [0.25, 0.3) is 0 Å². The topological polar surface area (TPSA) is 54.0 Å². The van der Waals surface area contributed by atoms with Gasteiger partial charge in [-0.05, 0) is 145 Å². The molecule has 3 aromatic rings. The summed E-state index contributed by atoms with van der Waals surface area (Å²) in [6, 6.07) is 11.6. The van der Waals surface area contributed by atoms with Crippen molar-refractivity contribution in [2.24, 2.45) is 0 Å². The van der Waals surface area contributed by atoms with Gasteiger partial charge in [0.2, 0.25) is 0 Å². The van der Waals surface area contributed by atoms with Crippen LogP contribution in [0.1, 0.15) is 62.3 Å². The molecule has 0 radical (unpaired) electrons. The summed E-state index contributed by atoms with van der Waals surface area (Å²) < 4.78 is 351. The number of hydrogen-bond donors (Lipinski definition) is 0. The van der Waals surface area contributed by atoms with E-state index in [2.05, 4.69) is 0 Å². The van der Waals surface area contributed by atoms with Crippen molar-refractivity contribution in [2.75, 3.05) is 0 Å². The summed E-state index contributed by atoms with van der Waals surface area (Å²) in [6.07, 6.45) is -8.19. The van der Waals surface area contributed by atoms with E-state index in [1.54, 1.807) is 0 Å². The van der Waals surface area contributed by atoms with Crippen LogP contribution in [0.2, 0.25) is 0 Å². The van der Waals surface area contributed by atoms with Crippen LogP contribution in [0.4, 0.5) is 101 Å². The quantitative estimate of drug-likeness (QED) is 0.126. The summed E-state index contributed by atoms with van der Waals surface area (Å²) in [6.45, 7) is 13.7. The first kappa shape index (κ1) is 60.6. The van der Waals surface area contributed by atoms with Crippen molar-refractivity contribution < 1.29 is 124 Å². The number of hydrogen-bond acceptors (Lipinski definition) is 5. The fourth-order valence-corrected chi connectivity index (χ4v) is 8.76. The van der Waals surface area contributed by atoms with Gasteiger partial charge in [-0.25, -0.2) is 4.79 Å². The van der Waals surface area contributed by atoms with Crippen molar-refractivity contribution >= 4 is 16.3 Å². The van der Waals surface area contributed by atoms with E-state index in [1.807, 2.05) is 0 Å². The Hall–Kier alpha value is -4.73. The lowest BCUT2D eigenvalue weighted by atomic mass is 9.85. The van der Waals surface area contributed by atoms with Crippen molar-refractivity contribution in [3.63, 3.8) is 0 Å². The Bertz CT molecular complexity index is 2200. The fraction of sp³-hybridized carbons (Fsp3) is 0.548. The first-order valence-electron chi connectivity index (χ1n) is 19.5. The molecular formula is C42H39F23O5S. The second-order valence-electron chi connectivity index (χ2n) is 18.2. The molecule has 0 atom stereocenters. The van der Waals surface area contributed by atoms with Gasteiger partial charge in [-0.3, -0.25) is 0 Å². The second-order valence-corrected chi connectivity index (χ2v) is 20.9. The molecule has 0 spiro atoms. The highest BCUT2D eigenvalue weighted by atomic mass is 32.3. The number of ether oxygens (including phenoxy) is 3. The number of carbonyl (C=O) groups is 1. The predicted molar refractivity (Wildman–Crippen MR) is 204 cm³/mol. The Morgan fingerprint density at radius 2 is 0.521 bits per heavy atom. The normalized spacial score (nSPS) is 15.3. The third kappa shape index (κ3) is 10.3. The molecule has 0 saturated heterocycles. The summed E-state index contributed by atoms with van der Waals surface area (Å²) in [5.41, 5.74) is -2.97. The van der Waals surface area contributed by atoms with E-state index < -0.39 is 113 Å². The van der Waals surface area contributed by atoms with E-state index in [4.69, 9.17) is 18.4 Å². The molecule has 5 nitrogen and oxygen atoms in total. The highest BCUT2D eigenvalue weighted by Gasteiger charge is 2.99. The smallest absolute Gasteiger partial charge is 0.460 e. The molecule has 3 rings (SSSR count). The Morgan fingerprint density at radius 3 is 0.718 bits per heavy atom. The number of carbonyl (C=O) groups excluding carboxylic acids is 1. The van der Waals surface area contributed by atoms with Crippen molar-refractivity contribution in [3.05, 3.63) is 72.8 Å². The van der Waals surface area contributed by atoms with Gasteiger partial charge in [0.1, 0.15) is 34.1 Å². The molecule has 0 N–H and O–H groups in total. The van der Waals surface area contributed by atoms with Gasteiger partial charge in [0, 0.05) is 14.7 Å². The SMILES string of the molecule is CC(C)(C)Oc1ccc(S(OC(=O)C(F)(F)C(F)(F)C(F)(F)C(F)(F)C(F)(F)C(F)(F)C(F)(F)C(F)(F)C(F)(F)C(F)(F)C(F)(F)F)(c2ccc(OC(C)(C)C)cc2)c2ccc(OC(C)(C)C)cc2)cc1. The maximum Gasteiger partial charge on any atom is 0.460 e. The molecule has 0 heterocycles. The molecule has 29 heteroatoms. The summed E-state index contributed by atoms with van der Waals surface area (Å²) >= 11 is 0. The Balaban J connectivity index is 2.39. The van der Waals surface area contributed by atoms with Crippen LogP contribution in [-0.4, -0.2) is 88.2 Å². The Labute approximate surface area is 389 Å². The number of rotatable bonds is 17. The minimum absolute atomic E-state index is 0.0682. The van der Waals surface area contributed by atoms with Gasteiger partial charge < -0.3 is 18.4 Å². The third-order valence-electron chi connectivity index (χ3n) is 9.10. The van der Waals surface area contributed by atoms with Crippen LogP contribution in [0, 0.1) is 0 Å². The molecular weight excluding hydrogens is 1050 g/mol. The van der Waals surface area contributed by atoms with Gasteiger partial charge in [0.15, 0.2) is 0 Å². The van der Waals surface area contributed by atoms with Gasteiger partial charge in [-0.2, -0.15) is 101 Å². The van der Waals surface area contributed by atoms with Crippen molar-refractivity contribution in [3.8, 4) is 17.2 Å². The van der Waals surface area contributed by atoms with Crippen LogP contribution in [0.3, 0.4) is 0 Å². The van der Waals surface area contributed by atoms with Crippen LogP contribution in [-0.2, 0) is 8.98 Å². The van der Waals surface area contributed by atoms with E-state index in [9.17, 15) is 79.4 Å². The molecule has 0 aliphatic heterocycles. The molecule has 0 saturated carbocycles. The second kappa shape index (κ2) is 18.0. The molecule has 0 bridgehead atoms. The van der Waals surface area contributed by atoms with Gasteiger partial charge in [0.25, 0.3) is 0 Å². The zero-order chi connectivity index (χ0) is 55.9. The van der Waals surface area contributed by atoms with Crippen molar-refractivity contribution in [1.29, 1.82) is 0 Å². The minimum atomic E-state index is -9.61. The molecule has 404 valence electrons. The molecule has 0 aromatic heterocycles. The number of benzene rings is 3. The fourth-order valence-electron chi connectivity index (χ4n) is 5.76. The van der Waals surface area contributed by atoms with Crippen LogP contribution in [0.15, 0.2) is 87.5 Å². The highest BCUT2D eigenvalue weighted by Crippen LogP contribution is 2.72.